The Morgan fingerprint density at radius 2 is 2.17 bits per heavy atom. The zero-order valence-corrected chi connectivity index (χ0v) is 14.3. The zero-order valence-electron chi connectivity index (χ0n) is 13.4. The van der Waals surface area contributed by atoms with Gasteiger partial charge in [0.1, 0.15) is 11.6 Å². The fraction of sp³-hybridized carbons (Fsp3) is 0.235. The van der Waals surface area contributed by atoms with Crippen molar-refractivity contribution in [2.75, 3.05) is 12.4 Å². The number of carboxylic acid groups (broad SMARTS) is 1. The highest BCUT2D eigenvalue weighted by Crippen LogP contribution is 2.22. The van der Waals surface area contributed by atoms with Gasteiger partial charge in [-0.1, -0.05) is 12.1 Å². The van der Waals surface area contributed by atoms with Crippen LogP contribution in [0, 0.1) is 6.92 Å². The maximum Gasteiger partial charge on any atom is 0.305 e. The van der Waals surface area contributed by atoms with Gasteiger partial charge >= 0.3 is 5.97 Å². The average Bonchev–Trinajstić information content (AvgIpc) is 2.54. The van der Waals surface area contributed by atoms with Crippen molar-refractivity contribution in [2.24, 2.45) is 0 Å². The molecule has 1 aromatic carbocycles. The third kappa shape index (κ3) is 5.20. The van der Waals surface area contributed by atoms with E-state index >= 15 is 0 Å². The Hall–Kier alpha value is -2.67. The van der Waals surface area contributed by atoms with Gasteiger partial charge in [-0.3, -0.25) is 4.79 Å². The fourth-order valence-electron chi connectivity index (χ4n) is 2.20. The predicted molar refractivity (Wildman–Crippen MR) is 96.3 cm³/mol. The monoisotopic (exact) mass is 345 g/mol. The van der Waals surface area contributed by atoms with Crippen LogP contribution in [0.5, 0.6) is 5.75 Å². The van der Waals surface area contributed by atoms with Crippen molar-refractivity contribution < 1.29 is 14.6 Å². The first-order chi connectivity index (χ1) is 11.5. The number of pyridine rings is 1. The molecule has 1 atom stereocenters. The van der Waals surface area contributed by atoms with E-state index in [4.69, 9.17) is 22.1 Å². The summed E-state index contributed by atoms with van der Waals surface area (Å²) in [4.78, 5) is 15.3. The second kappa shape index (κ2) is 8.26. The van der Waals surface area contributed by atoms with Crippen LogP contribution in [0.3, 0.4) is 0 Å². The molecule has 0 saturated heterocycles. The molecule has 0 aliphatic carbocycles. The lowest BCUT2D eigenvalue weighted by Crippen LogP contribution is -2.33. The summed E-state index contributed by atoms with van der Waals surface area (Å²) in [5, 5.41) is 15.5. The van der Waals surface area contributed by atoms with Crippen LogP contribution < -0.4 is 15.4 Å². The summed E-state index contributed by atoms with van der Waals surface area (Å²) >= 11 is 5.28. The molecule has 0 amide bonds. The molecular formula is C17H19N3O3S. The quantitative estimate of drug-likeness (QED) is 0.694. The van der Waals surface area contributed by atoms with E-state index in [1.807, 2.05) is 31.2 Å². The first kappa shape index (κ1) is 17.7. The molecule has 0 fully saturated rings. The number of carboxylic acids is 1. The second-order valence-electron chi connectivity index (χ2n) is 5.24. The molecule has 2 aromatic rings. The highest BCUT2D eigenvalue weighted by molar-refractivity contribution is 7.80. The van der Waals surface area contributed by atoms with E-state index in [1.54, 1.807) is 25.4 Å². The molecule has 0 unspecified atom stereocenters. The number of hydrogen-bond acceptors (Lipinski definition) is 4. The summed E-state index contributed by atoms with van der Waals surface area (Å²) in [6.07, 6.45) is 1.56. The lowest BCUT2D eigenvalue weighted by atomic mass is 10.0. The van der Waals surface area contributed by atoms with Crippen LogP contribution in [0.2, 0.25) is 0 Å². The van der Waals surface area contributed by atoms with E-state index in [0.29, 0.717) is 16.7 Å². The van der Waals surface area contributed by atoms with Crippen molar-refractivity contribution in [1.82, 2.24) is 10.3 Å². The fourth-order valence-corrected chi connectivity index (χ4v) is 2.45. The van der Waals surface area contributed by atoms with Gasteiger partial charge in [0.05, 0.1) is 19.6 Å². The molecule has 0 radical (unpaired) electrons. The molecule has 24 heavy (non-hydrogen) atoms. The number of benzene rings is 1. The number of nitrogens with zero attached hydrogens (tertiary/aromatic N) is 1. The normalized spacial score (nSPS) is 11.4. The summed E-state index contributed by atoms with van der Waals surface area (Å²) in [6, 6.07) is 10.5. The van der Waals surface area contributed by atoms with Gasteiger partial charge in [0.2, 0.25) is 0 Å². The van der Waals surface area contributed by atoms with Crippen molar-refractivity contribution in [1.29, 1.82) is 0 Å². The van der Waals surface area contributed by atoms with Crippen LogP contribution in [0.25, 0.3) is 0 Å². The van der Waals surface area contributed by atoms with Crippen LogP contribution in [-0.2, 0) is 4.79 Å². The number of hydrogen-bond donors (Lipinski definition) is 3. The van der Waals surface area contributed by atoms with Gasteiger partial charge in [0.15, 0.2) is 5.11 Å². The molecule has 126 valence electrons. The maximum atomic E-state index is 11.2. The average molecular weight is 345 g/mol. The minimum atomic E-state index is -0.924. The third-order valence-electron chi connectivity index (χ3n) is 3.34. The number of nitrogens with one attached hydrogen (secondary N) is 2. The van der Waals surface area contributed by atoms with Crippen LogP contribution >= 0.6 is 12.2 Å². The van der Waals surface area contributed by atoms with E-state index in [9.17, 15) is 4.79 Å². The number of anilines is 1. The number of thiocarbonyl (C=S) groups is 1. The highest BCUT2D eigenvalue weighted by atomic mass is 32.1. The van der Waals surface area contributed by atoms with Gasteiger partial charge in [-0.2, -0.15) is 0 Å². The number of aromatic nitrogens is 1. The number of aryl methyl sites for hydroxylation is 1. The topological polar surface area (TPSA) is 83.5 Å². The van der Waals surface area contributed by atoms with Crippen molar-refractivity contribution in [3.63, 3.8) is 0 Å². The number of carbonyl (C=O) groups is 1. The number of methoxy groups -OCH3 is 1. The van der Waals surface area contributed by atoms with E-state index in [0.717, 1.165) is 11.1 Å². The molecule has 0 spiro atoms. The SMILES string of the molecule is COc1cccc([C@@H](CC(=O)O)NC(=S)Nc2cc(C)ccn2)c1. The molecule has 0 aliphatic heterocycles. The van der Waals surface area contributed by atoms with E-state index < -0.39 is 12.0 Å². The molecule has 7 heteroatoms. The van der Waals surface area contributed by atoms with Gasteiger partial charge < -0.3 is 20.5 Å². The number of ether oxygens (including phenoxy) is 1. The van der Waals surface area contributed by atoms with Gasteiger partial charge in [-0.25, -0.2) is 4.98 Å². The third-order valence-corrected chi connectivity index (χ3v) is 3.56. The largest absolute Gasteiger partial charge is 0.497 e. The van der Waals surface area contributed by atoms with Gasteiger partial charge in [0.25, 0.3) is 0 Å². The van der Waals surface area contributed by atoms with Crippen LogP contribution in [0.15, 0.2) is 42.6 Å². The minimum absolute atomic E-state index is 0.115. The maximum absolute atomic E-state index is 11.2. The van der Waals surface area contributed by atoms with Crippen molar-refractivity contribution in [3.05, 3.63) is 53.7 Å². The molecule has 1 aromatic heterocycles. The summed E-state index contributed by atoms with van der Waals surface area (Å²) in [5.41, 5.74) is 1.82. The summed E-state index contributed by atoms with van der Waals surface area (Å²) < 4.78 is 5.19. The van der Waals surface area contributed by atoms with E-state index in [1.165, 1.54) is 0 Å². The van der Waals surface area contributed by atoms with Crippen molar-refractivity contribution >= 4 is 29.1 Å². The Balaban J connectivity index is 2.13. The van der Waals surface area contributed by atoms with Crippen LogP contribution in [0.4, 0.5) is 5.82 Å². The number of rotatable bonds is 6. The molecule has 2 rings (SSSR count). The highest BCUT2D eigenvalue weighted by Gasteiger charge is 2.17. The molecule has 6 nitrogen and oxygen atoms in total. The van der Waals surface area contributed by atoms with Gasteiger partial charge in [-0.15, -0.1) is 0 Å². The molecule has 0 bridgehead atoms. The van der Waals surface area contributed by atoms with Crippen LogP contribution in [0.1, 0.15) is 23.6 Å². The molecular weight excluding hydrogens is 326 g/mol. The Kier molecular flexibility index (Phi) is 6.08. The molecule has 0 aliphatic rings. The predicted octanol–water partition coefficient (Wildman–Crippen LogP) is 2.90. The standard InChI is InChI=1S/C17H19N3O3S/c1-11-6-7-18-15(8-11)20-17(24)19-14(10-16(21)22)12-4-3-5-13(9-12)23-2/h3-9,14H,10H2,1-2H3,(H,21,22)(H2,18,19,20,24)/t14-/m1/s1. The first-order valence-corrected chi connectivity index (χ1v) is 7.74. The summed E-state index contributed by atoms with van der Waals surface area (Å²) in [5.74, 6) is 0.336. The van der Waals surface area contributed by atoms with Gasteiger partial charge in [-0.05, 0) is 54.5 Å². The van der Waals surface area contributed by atoms with Crippen LogP contribution in [-0.4, -0.2) is 28.3 Å². The lowest BCUT2D eigenvalue weighted by molar-refractivity contribution is -0.137. The lowest BCUT2D eigenvalue weighted by Gasteiger charge is -2.20. The summed E-state index contributed by atoms with van der Waals surface area (Å²) in [6.45, 7) is 1.95. The van der Waals surface area contributed by atoms with Gasteiger partial charge in [0, 0.05) is 6.20 Å². The first-order valence-electron chi connectivity index (χ1n) is 7.34. The van der Waals surface area contributed by atoms with E-state index in [-0.39, 0.29) is 6.42 Å². The Morgan fingerprint density at radius 1 is 1.38 bits per heavy atom. The number of aliphatic carboxylic acids is 1. The smallest absolute Gasteiger partial charge is 0.305 e. The Bertz CT molecular complexity index is 737. The summed E-state index contributed by atoms with van der Waals surface area (Å²) in [7, 11) is 1.56. The Morgan fingerprint density at radius 3 is 2.83 bits per heavy atom. The van der Waals surface area contributed by atoms with Crippen molar-refractivity contribution in [3.8, 4) is 5.75 Å². The molecule has 3 N–H and O–H groups in total. The molecule has 1 heterocycles. The van der Waals surface area contributed by atoms with E-state index in [2.05, 4.69) is 15.6 Å². The second-order valence-corrected chi connectivity index (χ2v) is 5.65. The van der Waals surface area contributed by atoms with Crippen molar-refractivity contribution in [2.45, 2.75) is 19.4 Å². The minimum Gasteiger partial charge on any atom is -0.497 e. The Labute approximate surface area is 145 Å². The molecule has 0 saturated carbocycles. The zero-order chi connectivity index (χ0) is 17.5.